The second kappa shape index (κ2) is 4.45. The smallest absolute Gasteiger partial charge is 0.325 e. The molecule has 0 aromatic heterocycles. The van der Waals surface area contributed by atoms with Crippen molar-refractivity contribution in [1.82, 2.24) is 5.32 Å². The molecule has 5 heteroatoms. The van der Waals surface area contributed by atoms with Crippen molar-refractivity contribution in [1.29, 1.82) is 0 Å². The minimum absolute atomic E-state index is 0.386. The number of carboxylic acids is 1. The molecule has 1 amide bonds. The van der Waals surface area contributed by atoms with E-state index in [0.29, 0.717) is 11.3 Å². The largest absolute Gasteiger partial charge is 0.480 e. The average molecular weight is 208 g/mol. The van der Waals surface area contributed by atoms with Gasteiger partial charge in [0, 0.05) is 11.3 Å². The zero-order chi connectivity index (χ0) is 11.4. The summed E-state index contributed by atoms with van der Waals surface area (Å²) in [6, 6.07) is 5.34. The minimum atomic E-state index is -1.07. The Morgan fingerprint density at radius 1 is 1.33 bits per heavy atom. The van der Waals surface area contributed by atoms with Gasteiger partial charge in [-0.25, -0.2) is 0 Å². The maximum absolute atomic E-state index is 11.5. The maximum atomic E-state index is 11.5. The lowest BCUT2D eigenvalue weighted by Gasteiger charge is -2.08. The summed E-state index contributed by atoms with van der Waals surface area (Å²) in [7, 11) is 0. The number of nitrogen functional groups attached to an aromatic ring is 1. The molecule has 0 fully saturated rings. The molecule has 0 heterocycles. The molecule has 0 saturated heterocycles. The fourth-order valence-electron chi connectivity index (χ4n) is 0.976. The molecule has 4 N–H and O–H groups in total. The zero-order valence-electron chi connectivity index (χ0n) is 8.23. The van der Waals surface area contributed by atoms with E-state index in [1.54, 1.807) is 24.3 Å². The lowest BCUT2D eigenvalue weighted by atomic mass is 10.2. The van der Waals surface area contributed by atoms with Gasteiger partial charge in [0.05, 0.1) is 0 Å². The van der Waals surface area contributed by atoms with Gasteiger partial charge in [-0.3, -0.25) is 9.59 Å². The zero-order valence-corrected chi connectivity index (χ0v) is 8.23. The van der Waals surface area contributed by atoms with Crippen LogP contribution in [0.2, 0.25) is 0 Å². The normalized spacial score (nSPS) is 11.8. The number of amides is 1. The van der Waals surface area contributed by atoms with E-state index in [1.165, 1.54) is 6.92 Å². The molecule has 1 rings (SSSR count). The number of nitrogens with two attached hydrogens (primary N) is 1. The molecule has 0 aliphatic carbocycles. The van der Waals surface area contributed by atoms with Crippen molar-refractivity contribution in [3.63, 3.8) is 0 Å². The molecule has 0 aliphatic rings. The summed E-state index contributed by atoms with van der Waals surface area (Å²) in [6.45, 7) is 1.40. The van der Waals surface area contributed by atoms with Gasteiger partial charge in [0.2, 0.25) is 0 Å². The lowest BCUT2D eigenvalue weighted by Crippen LogP contribution is -2.38. The quantitative estimate of drug-likeness (QED) is 0.629. The van der Waals surface area contributed by atoms with Crippen LogP contribution in [0, 0.1) is 0 Å². The number of rotatable bonds is 3. The Morgan fingerprint density at radius 3 is 2.33 bits per heavy atom. The highest BCUT2D eigenvalue weighted by Gasteiger charge is 2.14. The summed E-state index contributed by atoms with van der Waals surface area (Å²) >= 11 is 0. The number of anilines is 1. The molecule has 1 aromatic rings. The fourth-order valence-corrected chi connectivity index (χ4v) is 0.976. The highest BCUT2D eigenvalue weighted by atomic mass is 16.4. The maximum Gasteiger partial charge on any atom is 0.325 e. The number of hydrogen-bond acceptors (Lipinski definition) is 3. The molecule has 0 bridgehead atoms. The van der Waals surface area contributed by atoms with Gasteiger partial charge in [-0.2, -0.15) is 0 Å². The van der Waals surface area contributed by atoms with Crippen molar-refractivity contribution in [2.45, 2.75) is 13.0 Å². The third-order valence-electron chi connectivity index (χ3n) is 1.89. The summed E-state index contributed by atoms with van der Waals surface area (Å²) in [5.41, 5.74) is 6.39. The summed E-state index contributed by atoms with van der Waals surface area (Å²) in [5, 5.41) is 10.9. The Morgan fingerprint density at radius 2 is 1.87 bits per heavy atom. The van der Waals surface area contributed by atoms with Gasteiger partial charge < -0.3 is 16.2 Å². The first-order valence-corrected chi connectivity index (χ1v) is 4.40. The van der Waals surface area contributed by atoms with Crippen LogP contribution in [-0.4, -0.2) is 23.0 Å². The van der Waals surface area contributed by atoms with E-state index in [0.717, 1.165) is 0 Å². The lowest BCUT2D eigenvalue weighted by molar-refractivity contribution is -0.138. The van der Waals surface area contributed by atoms with Gasteiger partial charge in [-0.05, 0) is 31.2 Å². The SMILES string of the molecule is C[C@@H](NC(=O)c1ccc(N)cc1)C(=O)O. The number of carbonyl (C=O) groups is 2. The molecule has 0 unspecified atom stereocenters. The van der Waals surface area contributed by atoms with Crippen molar-refractivity contribution in [2.24, 2.45) is 0 Å². The summed E-state index contributed by atoms with van der Waals surface area (Å²) < 4.78 is 0. The van der Waals surface area contributed by atoms with E-state index in [1.807, 2.05) is 0 Å². The van der Waals surface area contributed by atoms with E-state index in [2.05, 4.69) is 5.32 Å². The molecular weight excluding hydrogens is 196 g/mol. The Hall–Kier alpha value is -2.04. The summed E-state index contributed by atoms with van der Waals surface area (Å²) in [6.07, 6.45) is 0. The van der Waals surface area contributed by atoms with E-state index in [9.17, 15) is 9.59 Å². The Balaban J connectivity index is 2.69. The van der Waals surface area contributed by atoms with Crippen molar-refractivity contribution in [3.05, 3.63) is 29.8 Å². The van der Waals surface area contributed by atoms with E-state index in [-0.39, 0.29) is 0 Å². The predicted molar refractivity (Wildman–Crippen MR) is 55.4 cm³/mol. The number of carboxylic acid groups (broad SMARTS) is 1. The molecule has 1 aromatic carbocycles. The van der Waals surface area contributed by atoms with Gasteiger partial charge in [-0.15, -0.1) is 0 Å². The molecule has 1 atom stereocenters. The van der Waals surface area contributed by atoms with Crippen LogP contribution in [0.15, 0.2) is 24.3 Å². The highest BCUT2D eigenvalue weighted by molar-refractivity contribution is 5.96. The first kappa shape index (κ1) is 11.0. The third-order valence-corrected chi connectivity index (χ3v) is 1.89. The van der Waals surface area contributed by atoms with Crippen LogP contribution in [0.4, 0.5) is 5.69 Å². The Bertz CT molecular complexity index is 373. The first-order valence-electron chi connectivity index (χ1n) is 4.40. The monoisotopic (exact) mass is 208 g/mol. The molecule has 15 heavy (non-hydrogen) atoms. The van der Waals surface area contributed by atoms with Crippen LogP contribution < -0.4 is 11.1 Å². The highest BCUT2D eigenvalue weighted by Crippen LogP contribution is 2.05. The molecule has 0 saturated carbocycles. The second-order valence-electron chi connectivity index (χ2n) is 3.16. The Kier molecular flexibility index (Phi) is 3.28. The second-order valence-corrected chi connectivity index (χ2v) is 3.16. The van der Waals surface area contributed by atoms with Crippen molar-refractivity contribution < 1.29 is 14.7 Å². The van der Waals surface area contributed by atoms with Crippen LogP contribution in [-0.2, 0) is 4.79 Å². The molecule has 5 nitrogen and oxygen atoms in total. The van der Waals surface area contributed by atoms with E-state index >= 15 is 0 Å². The van der Waals surface area contributed by atoms with Crippen molar-refractivity contribution in [2.75, 3.05) is 5.73 Å². The number of hydrogen-bond donors (Lipinski definition) is 3. The number of aliphatic carboxylic acids is 1. The van der Waals surface area contributed by atoms with Crippen LogP contribution in [0.3, 0.4) is 0 Å². The van der Waals surface area contributed by atoms with Crippen molar-refractivity contribution >= 4 is 17.6 Å². The summed E-state index contributed by atoms with van der Waals surface area (Å²) in [5.74, 6) is -1.50. The molecule has 0 spiro atoms. The molecule has 0 radical (unpaired) electrons. The van der Waals surface area contributed by atoms with Crippen LogP contribution in [0.1, 0.15) is 17.3 Å². The van der Waals surface area contributed by atoms with E-state index < -0.39 is 17.9 Å². The topological polar surface area (TPSA) is 92.4 Å². The number of benzene rings is 1. The van der Waals surface area contributed by atoms with Crippen LogP contribution in [0.5, 0.6) is 0 Å². The van der Waals surface area contributed by atoms with Crippen molar-refractivity contribution in [3.8, 4) is 0 Å². The van der Waals surface area contributed by atoms with Gasteiger partial charge in [0.25, 0.3) is 5.91 Å². The first-order chi connectivity index (χ1) is 7.00. The Labute approximate surface area is 86.9 Å². The van der Waals surface area contributed by atoms with Gasteiger partial charge >= 0.3 is 5.97 Å². The molecule has 0 aliphatic heterocycles. The summed E-state index contributed by atoms with van der Waals surface area (Å²) in [4.78, 5) is 21.9. The number of nitrogens with one attached hydrogen (secondary N) is 1. The number of carbonyl (C=O) groups excluding carboxylic acids is 1. The fraction of sp³-hybridized carbons (Fsp3) is 0.200. The van der Waals surface area contributed by atoms with Crippen LogP contribution in [0.25, 0.3) is 0 Å². The van der Waals surface area contributed by atoms with Gasteiger partial charge in [0.1, 0.15) is 6.04 Å². The molecular formula is C10H12N2O3. The average Bonchev–Trinajstić information content (AvgIpc) is 2.18. The predicted octanol–water partition coefficient (Wildman–Crippen LogP) is 0.472. The van der Waals surface area contributed by atoms with Gasteiger partial charge in [0.15, 0.2) is 0 Å². The minimum Gasteiger partial charge on any atom is -0.480 e. The standard InChI is InChI=1S/C10H12N2O3/c1-6(10(14)15)12-9(13)7-2-4-8(11)5-3-7/h2-6H,11H2,1H3,(H,12,13)(H,14,15)/t6-/m1/s1. The third kappa shape index (κ3) is 2.98. The van der Waals surface area contributed by atoms with Gasteiger partial charge in [-0.1, -0.05) is 0 Å². The van der Waals surface area contributed by atoms with E-state index in [4.69, 9.17) is 10.8 Å². The van der Waals surface area contributed by atoms with Crippen LogP contribution >= 0.6 is 0 Å². The molecule has 80 valence electrons.